The van der Waals surface area contributed by atoms with E-state index in [0.717, 1.165) is 5.56 Å². The number of benzene rings is 1. The van der Waals surface area contributed by atoms with E-state index in [1.165, 1.54) is 7.05 Å². The van der Waals surface area contributed by atoms with Gasteiger partial charge < -0.3 is 4.89 Å². The molecule has 2 N–H and O–H groups in total. The molecule has 13 heavy (non-hydrogen) atoms. The Hall–Kier alpha value is -0.630. The molecule has 0 radical (unpaired) electrons. The van der Waals surface area contributed by atoms with Gasteiger partial charge in [0.2, 0.25) is 0 Å². The molecule has 1 aromatic carbocycles. The van der Waals surface area contributed by atoms with Crippen molar-refractivity contribution in [2.45, 2.75) is 6.42 Å². The van der Waals surface area contributed by atoms with Crippen LogP contribution in [0.5, 0.6) is 0 Å². The Labute approximate surface area is 78.3 Å². The SMILES string of the molecule is CNP(=O)(O)CCc1ccccc1. The van der Waals surface area contributed by atoms with Crippen LogP contribution in [0.3, 0.4) is 0 Å². The van der Waals surface area contributed by atoms with E-state index in [4.69, 9.17) is 0 Å². The lowest BCUT2D eigenvalue weighted by atomic mass is 10.2. The fraction of sp³-hybridized carbons (Fsp3) is 0.333. The van der Waals surface area contributed by atoms with Gasteiger partial charge in [0.15, 0.2) is 0 Å². The lowest BCUT2D eigenvalue weighted by molar-refractivity contribution is 0.468. The van der Waals surface area contributed by atoms with Gasteiger partial charge in [-0.1, -0.05) is 30.3 Å². The number of hydrogen-bond acceptors (Lipinski definition) is 1. The molecule has 0 amide bonds. The van der Waals surface area contributed by atoms with E-state index in [0.29, 0.717) is 6.42 Å². The van der Waals surface area contributed by atoms with Crippen molar-refractivity contribution in [3.8, 4) is 0 Å². The molecule has 4 heteroatoms. The molecule has 0 saturated carbocycles. The molecule has 0 fully saturated rings. The summed E-state index contributed by atoms with van der Waals surface area (Å²) < 4.78 is 11.2. The minimum Gasteiger partial charge on any atom is -0.333 e. The molecule has 72 valence electrons. The van der Waals surface area contributed by atoms with Crippen molar-refractivity contribution >= 4 is 7.52 Å². The normalized spacial score (nSPS) is 15.2. The number of rotatable bonds is 4. The Kier molecular flexibility index (Phi) is 3.67. The number of hydrogen-bond donors (Lipinski definition) is 2. The standard InChI is InChI=1S/C9H14NO2P/c1-10-13(11,12)8-7-9-5-3-2-4-6-9/h2-6H,7-8H2,1H3,(H2,10,11,12). The van der Waals surface area contributed by atoms with Crippen LogP contribution in [0.25, 0.3) is 0 Å². The van der Waals surface area contributed by atoms with Crippen LogP contribution in [-0.2, 0) is 11.0 Å². The second-order valence-corrected chi connectivity index (χ2v) is 5.18. The van der Waals surface area contributed by atoms with Crippen molar-refractivity contribution in [2.24, 2.45) is 0 Å². The summed E-state index contributed by atoms with van der Waals surface area (Å²) in [4.78, 5) is 9.23. The molecule has 0 aliphatic rings. The zero-order valence-corrected chi connectivity index (χ0v) is 8.50. The second kappa shape index (κ2) is 4.56. The van der Waals surface area contributed by atoms with Gasteiger partial charge in [-0.05, 0) is 19.0 Å². The van der Waals surface area contributed by atoms with Crippen molar-refractivity contribution in [2.75, 3.05) is 13.2 Å². The van der Waals surface area contributed by atoms with Crippen molar-refractivity contribution in [3.05, 3.63) is 35.9 Å². The molecule has 0 aromatic heterocycles. The summed E-state index contributed by atoms with van der Waals surface area (Å²) in [6.07, 6.45) is 0.920. The van der Waals surface area contributed by atoms with Crippen LogP contribution >= 0.6 is 7.52 Å². The number of nitrogens with one attached hydrogen (secondary N) is 1. The van der Waals surface area contributed by atoms with E-state index in [1.54, 1.807) is 0 Å². The maximum Gasteiger partial charge on any atom is 0.267 e. The maximum absolute atomic E-state index is 11.2. The molecule has 1 aromatic rings. The van der Waals surface area contributed by atoms with Gasteiger partial charge in [0.1, 0.15) is 0 Å². The van der Waals surface area contributed by atoms with Crippen LogP contribution in [0, 0.1) is 0 Å². The molecular weight excluding hydrogens is 185 g/mol. The van der Waals surface area contributed by atoms with Gasteiger partial charge in [-0.2, -0.15) is 0 Å². The van der Waals surface area contributed by atoms with Gasteiger partial charge in [-0.15, -0.1) is 0 Å². The van der Waals surface area contributed by atoms with Gasteiger partial charge in [0, 0.05) is 6.16 Å². The molecule has 1 rings (SSSR count). The zero-order chi connectivity index (χ0) is 9.73. The highest BCUT2D eigenvalue weighted by molar-refractivity contribution is 7.55. The van der Waals surface area contributed by atoms with Gasteiger partial charge in [-0.25, -0.2) is 5.09 Å². The first-order valence-electron chi connectivity index (χ1n) is 4.19. The minimum absolute atomic E-state index is 0.285. The van der Waals surface area contributed by atoms with Gasteiger partial charge >= 0.3 is 0 Å². The number of aryl methyl sites for hydroxylation is 1. The summed E-state index contributed by atoms with van der Waals surface area (Å²) in [6.45, 7) is 0. The monoisotopic (exact) mass is 199 g/mol. The summed E-state index contributed by atoms with van der Waals surface area (Å²) >= 11 is 0. The Balaban J connectivity index is 2.49. The molecule has 1 unspecified atom stereocenters. The average molecular weight is 199 g/mol. The highest BCUT2D eigenvalue weighted by Crippen LogP contribution is 2.34. The third-order valence-electron chi connectivity index (χ3n) is 1.90. The van der Waals surface area contributed by atoms with Crippen LogP contribution in [0.4, 0.5) is 0 Å². The van der Waals surface area contributed by atoms with Crippen LogP contribution in [0.2, 0.25) is 0 Å². The molecule has 0 heterocycles. The lowest BCUT2D eigenvalue weighted by Gasteiger charge is -2.08. The summed E-state index contributed by atoms with van der Waals surface area (Å²) in [5.41, 5.74) is 1.09. The maximum atomic E-state index is 11.2. The van der Waals surface area contributed by atoms with Crippen molar-refractivity contribution < 1.29 is 9.46 Å². The topological polar surface area (TPSA) is 49.3 Å². The largest absolute Gasteiger partial charge is 0.333 e. The summed E-state index contributed by atoms with van der Waals surface area (Å²) in [7, 11) is -1.58. The first kappa shape index (κ1) is 10.5. The molecule has 0 saturated heterocycles. The Morgan fingerprint density at radius 1 is 1.38 bits per heavy atom. The summed E-state index contributed by atoms with van der Waals surface area (Å²) in [5, 5.41) is 2.42. The van der Waals surface area contributed by atoms with E-state index in [9.17, 15) is 9.46 Å². The van der Waals surface area contributed by atoms with Crippen LogP contribution in [-0.4, -0.2) is 18.1 Å². The van der Waals surface area contributed by atoms with Gasteiger partial charge in [-0.3, -0.25) is 4.57 Å². The minimum atomic E-state index is -3.09. The van der Waals surface area contributed by atoms with Crippen molar-refractivity contribution in [1.82, 2.24) is 5.09 Å². The Morgan fingerprint density at radius 3 is 2.54 bits per heavy atom. The van der Waals surface area contributed by atoms with E-state index < -0.39 is 7.52 Å². The molecule has 0 spiro atoms. The molecular formula is C9H14NO2P. The predicted molar refractivity (Wildman–Crippen MR) is 53.9 cm³/mol. The van der Waals surface area contributed by atoms with Crippen molar-refractivity contribution in [1.29, 1.82) is 0 Å². The lowest BCUT2D eigenvalue weighted by Crippen LogP contribution is -2.07. The third-order valence-corrected chi connectivity index (χ3v) is 3.42. The van der Waals surface area contributed by atoms with E-state index >= 15 is 0 Å². The van der Waals surface area contributed by atoms with Crippen LogP contribution in [0.1, 0.15) is 5.56 Å². The Bertz CT molecular complexity index is 300. The van der Waals surface area contributed by atoms with E-state index in [-0.39, 0.29) is 6.16 Å². The molecule has 0 aliphatic heterocycles. The van der Waals surface area contributed by atoms with Gasteiger partial charge in [0.25, 0.3) is 7.52 Å². The average Bonchev–Trinajstić information content (AvgIpc) is 2.17. The Morgan fingerprint density at radius 2 is 2.00 bits per heavy atom. The molecule has 0 bridgehead atoms. The quantitative estimate of drug-likeness (QED) is 0.724. The summed E-state index contributed by atoms with van der Waals surface area (Å²) in [6, 6.07) is 9.69. The summed E-state index contributed by atoms with van der Waals surface area (Å²) in [5.74, 6) is 0. The molecule has 3 nitrogen and oxygen atoms in total. The predicted octanol–water partition coefficient (Wildman–Crippen LogP) is 1.63. The highest BCUT2D eigenvalue weighted by Gasteiger charge is 2.13. The second-order valence-electron chi connectivity index (χ2n) is 2.88. The van der Waals surface area contributed by atoms with Crippen molar-refractivity contribution in [3.63, 3.8) is 0 Å². The van der Waals surface area contributed by atoms with E-state index in [1.807, 2.05) is 30.3 Å². The fourth-order valence-corrected chi connectivity index (χ4v) is 1.82. The first-order valence-corrected chi connectivity index (χ1v) is 6.03. The first-order chi connectivity index (χ1) is 6.14. The molecule has 0 aliphatic carbocycles. The fourth-order valence-electron chi connectivity index (χ4n) is 1.04. The van der Waals surface area contributed by atoms with Gasteiger partial charge in [0.05, 0.1) is 0 Å². The van der Waals surface area contributed by atoms with Crippen LogP contribution < -0.4 is 5.09 Å². The smallest absolute Gasteiger partial charge is 0.267 e. The van der Waals surface area contributed by atoms with E-state index in [2.05, 4.69) is 5.09 Å². The third kappa shape index (κ3) is 3.73. The highest BCUT2D eigenvalue weighted by atomic mass is 31.2. The zero-order valence-electron chi connectivity index (χ0n) is 7.60. The van der Waals surface area contributed by atoms with Crippen LogP contribution in [0.15, 0.2) is 30.3 Å². The molecule has 1 atom stereocenters.